The average molecular weight is 392 g/mol. The predicted octanol–water partition coefficient (Wildman–Crippen LogP) is 3.15. The van der Waals surface area contributed by atoms with Crippen LogP contribution in [0.3, 0.4) is 0 Å². The molecule has 6 nitrogen and oxygen atoms in total. The van der Waals surface area contributed by atoms with Crippen LogP contribution in [0, 0.1) is 17.1 Å². The van der Waals surface area contributed by atoms with Crippen LogP contribution in [0.15, 0.2) is 41.3 Å². The lowest BCUT2D eigenvalue weighted by atomic mass is 9.99. The number of rotatable bonds is 5. The number of nitrogens with one attached hydrogen (secondary N) is 1. The van der Waals surface area contributed by atoms with Gasteiger partial charge in [-0.25, -0.2) is 4.39 Å². The summed E-state index contributed by atoms with van der Waals surface area (Å²) in [6, 6.07) is 9.87. The molecule has 3 aromatic rings. The van der Waals surface area contributed by atoms with E-state index in [9.17, 15) is 9.18 Å². The first-order chi connectivity index (χ1) is 14.0. The number of nitriles is 1. The molecular formula is C22H21FN4O2. The SMILES string of the molecule is CCc1cc2ncc(CN3C[C@H](Oc4ccc(F)cc4C#N)[C@H]3C)cc2[nH]c1=O. The van der Waals surface area contributed by atoms with E-state index in [-0.39, 0.29) is 23.3 Å². The number of fused-ring (bicyclic) bond motifs is 1. The number of benzene rings is 1. The fourth-order valence-corrected chi connectivity index (χ4v) is 3.60. The fraction of sp³-hybridized carbons (Fsp3) is 0.318. The van der Waals surface area contributed by atoms with Crippen LogP contribution in [0.5, 0.6) is 5.75 Å². The zero-order chi connectivity index (χ0) is 20.5. The van der Waals surface area contributed by atoms with Crippen molar-refractivity contribution >= 4 is 11.0 Å². The molecule has 1 N–H and O–H groups in total. The van der Waals surface area contributed by atoms with Crippen molar-refractivity contribution in [1.29, 1.82) is 5.26 Å². The Hall–Kier alpha value is -3.24. The summed E-state index contributed by atoms with van der Waals surface area (Å²) < 4.78 is 19.2. The molecule has 1 aliphatic rings. The van der Waals surface area contributed by atoms with Crippen LogP contribution in [0.25, 0.3) is 11.0 Å². The lowest BCUT2D eigenvalue weighted by Crippen LogP contribution is -2.60. The number of hydrogen-bond acceptors (Lipinski definition) is 5. The normalized spacial score (nSPS) is 19.0. The Bertz CT molecular complexity index is 1170. The maximum atomic E-state index is 13.3. The number of nitrogens with zero attached hydrogens (tertiary/aromatic N) is 3. The second-order valence-corrected chi connectivity index (χ2v) is 7.33. The van der Waals surface area contributed by atoms with Crippen LogP contribution >= 0.6 is 0 Å². The molecule has 0 bridgehead atoms. The van der Waals surface area contributed by atoms with E-state index < -0.39 is 5.82 Å². The summed E-state index contributed by atoms with van der Waals surface area (Å²) in [7, 11) is 0. The number of aromatic amines is 1. The first-order valence-corrected chi connectivity index (χ1v) is 9.59. The quantitative estimate of drug-likeness (QED) is 0.721. The zero-order valence-corrected chi connectivity index (χ0v) is 16.3. The van der Waals surface area contributed by atoms with Crippen molar-refractivity contribution in [1.82, 2.24) is 14.9 Å². The highest BCUT2D eigenvalue weighted by atomic mass is 19.1. The maximum absolute atomic E-state index is 13.3. The van der Waals surface area contributed by atoms with Gasteiger partial charge in [-0.15, -0.1) is 0 Å². The number of H-pyrrole nitrogens is 1. The third kappa shape index (κ3) is 3.71. The molecule has 148 valence electrons. The van der Waals surface area contributed by atoms with Crippen molar-refractivity contribution in [3.05, 3.63) is 69.4 Å². The van der Waals surface area contributed by atoms with E-state index in [2.05, 4.69) is 14.9 Å². The van der Waals surface area contributed by atoms with Gasteiger partial charge in [0.2, 0.25) is 0 Å². The van der Waals surface area contributed by atoms with Crippen molar-refractivity contribution in [2.24, 2.45) is 0 Å². The van der Waals surface area contributed by atoms with E-state index in [0.717, 1.165) is 22.2 Å². The Kier molecular flexibility index (Phi) is 5.03. The van der Waals surface area contributed by atoms with Crippen molar-refractivity contribution in [3.63, 3.8) is 0 Å². The van der Waals surface area contributed by atoms with Crippen LogP contribution in [0.2, 0.25) is 0 Å². The molecule has 0 saturated carbocycles. The number of aromatic nitrogens is 2. The second kappa shape index (κ2) is 7.64. The average Bonchev–Trinajstić information content (AvgIpc) is 2.72. The summed E-state index contributed by atoms with van der Waals surface area (Å²) in [5, 5.41) is 9.16. The predicted molar refractivity (Wildman–Crippen MR) is 107 cm³/mol. The molecule has 1 saturated heterocycles. The number of likely N-dealkylation sites (tertiary alicyclic amines) is 1. The van der Waals surface area contributed by atoms with Gasteiger partial charge in [0.1, 0.15) is 23.7 Å². The topological polar surface area (TPSA) is 82.0 Å². The number of halogens is 1. The summed E-state index contributed by atoms with van der Waals surface area (Å²) in [4.78, 5) is 21.7. The molecule has 0 radical (unpaired) electrons. The molecule has 4 rings (SSSR count). The maximum Gasteiger partial charge on any atom is 0.251 e. The first-order valence-electron chi connectivity index (χ1n) is 9.59. The van der Waals surface area contributed by atoms with Gasteiger partial charge in [0.25, 0.3) is 5.56 Å². The molecule has 1 aliphatic heterocycles. The van der Waals surface area contributed by atoms with Crippen molar-refractivity contribution in [3.8, 4) is 11.8 Å². The molecule has 1 aromatic carbocycles. The summed E-state index contributed by atoms with van der Waals surface area (Å²) in [6.07, 6.45) is 2.42. The number of ether oxygens (including phenoxy) is 1. The van der Waals surface area contributed by atoms with Crippen LogP contribution < -0.4 is 10.3 Å². The Morgan fingerprint density at radius 3 is 2.93 bits per heavy atom. The smallest absolute Gasteiger partial charge is 0.251 e. The lowest BCUT2D eigenvalue weighted by Gasteiger charge is -2.45. The van der Waals surface area contributed by atoms with Crippen LogP contribution in [-0.4, -0.2) is 33.6 Å². The van der Waals surface area contributed by atoms with Gasteiger partial charge in [0.15, 0.2) is 0 Å². The van der Waals surface area contributed by atoms with Gasteiger partial charge >= 0.3 is 0 Å². The summed E-state index contributed by atoms with van der Waals surface area (Å²) in [5.41, 5.74) is 3.37. The minimum atomic E-state index is -0.454. The standard InChI is InChI=1S/C22H21FN4O2/c1-3-15-8-18-19(26-22(15)28)6-14(10-25-18)11-27-12-21(13(27)2)29-20-5-4-17(23)7-16(20)9-24/h4-8,10,13,21H,3,11-12H2,1-2H3,(H,26,28)/t13-,21+/m1/s1. The molecule has 2 atom stereocenters. The van der Waals surface area contributed by atoms with E-state index in [1.165, 1.54) is 18.2 Å². The van der Waals surface area contributed by atoms with Crippen LogP contribution in [-0.2, 0) is 13.0 Å². The third-order valence-corrected chi connectivity index (χ3v) is 5.46. The van der Waals surface area contributed by atoms with E-state index in [0.29, 0.717) is 25.3 Å². The van der Waals surface area contributed by atoms with Gasteiger partial charge in [0, 0.05) is 30.9 Å². The Balaban J connectivity index is 1.44. The molecule has 0 aliphatic carbocycles. The van der Waals surface area contributed by atoms with E-state index in [1.807, 2.05) is 38.2 Å². The van der Waals surface area contributed by atoms with Crippen molar-refractivity contribution in [2.45, 2.75) is 39.0 Å². The first kappa shape index (κ1) is 19.1. The summed E-state index contributed by atoms with van der Waals surface area (Å²) >= 11 is 0. The lowest BCUT2D eigenvalue weighted by molar-refractivity contribution is -0.0415. The number of pyridine rings is 2. The Morgan fingerprint density at radius 2 is 2.21 bits per heavy atom. The van der Waals surface area contributed by atoms with Gasteiger partial charge < -0.3 is 9.72 Å². The highest BCUT2D eigenvalue weighted by molar-refractivity contribution is 5.74. The van der Waals surface area contributed by atoms with Crippen molar-refractivity contribution < 1.29 is 9.13 Å². The molecule has 2 aromatic heterocycles. The zero-order valence-electron chi connectivity index (χ0n) is 16.3. The highest BCUT2D eigenvalue weighted by Crippen LogP contribution is 2.28. The molecule has 0 amide bonds. The molecule has 0 spiro atoms. The van der Waals surface area contributed by atoms with Crippen LogP contribution in [0.4, 0.5) is 4.39 Å². The molecule has 3 heterocycles. The monoisotopic (exact) mass is 392 g/mol. The molecular weight excluding hydrogens is 371 g/mol. The second-order valence-electron chi connectivity index (χ2n) is 7.33. The summed E-state index contributed by atoms with van der Waals surface area (Å²) in [6.45, 7) is 5.36. The van der Waals surface area contributed by atoms with Gasteiger partial charge in [0.05, 0.1) is 16.6 Å². The van der Waals surface area contributed by atoms with Gasteiger partial charge in [-0.3, -0.25) is 14.7 Å². The van der Waals surface area contributed by atoms with Gasteiger partial charge in [-0.2, -0.15) is 5.26 Å². The van der Waals surface area contributed by atoms with Gasteiger partial charge in [-0.05, 0) is 49.2 Å². The van der Waals surface area contributed by atoms with E-state index in [1.54, 1.807) is 0 Å². The number of aryl methyl sites for hydroxylation is 1. The minimum absolute atomic E-state index is 0.0719. The molecule has 7 heteroatoms. The Labute approximate surface area is 167 Å². The third-order valence-electron chi connectivity index (χ3n) is 5.46. The minimum Gasteiger partial charge on any atom is -0.486 e. The fourth-order valence-electron chi connectivity index (χ4n) is 3.60. The van der Waals surface area contributed by atoms with Crippen LogP contribution in [0.1, 0.15) is 30.5 Å². The van der Waals surface area contributed by atoms with E-state index >= 15 is 0 Å². The Morgan fingerprint density at radius 1 is 1.38 bits per heavy atom. The summed E-state index contributed by atoms with van der Waals surface area (Å²) in [5.74, 6) is -0.0489. The highest BCUT2D eigenvalue weighted by Gasteiger charge is 2.37. The van der Waals surface area contributed by atoms with Gasteiger partial charge in [-0.1, -0.05) is 6.92 Å². The molecule has 1 fully saturated rings. The number of hydrogen-bond donors (Lipinski definition) is 1. The molecule has 0 unspecified atom stereocenters. The van der Waals surface area contributed by atoms with E-state index in [4.69, 9.17) is 10.00 Å². The largest absolute Gasteiger partial charge is 0.486 e. The molecule has 29 heavy (non-hydrogen) atoms. The van der Waals surface area contributed by atoms with Crippen molar-refractivity contribution in [2.75, 3.05) is 6.54 Å².